The van der Waals surface area contributed by atoms with Gasteiger partial charge in [-0.15, -0.1) is 0 Å². The molecule has 0 aromatic heterocycles. The molecule has 28 heavy (non-hydrogen) atoms. The number of hydrogen-bond donors (Lipinski definition) is 1. The molecule has 0 heterocycles. The molecule has 0 spiro atoms. The standard InChI is InChI=1S/C21H22F3NO3/c1-4-27-17-10-14(21(22,23)24)6-8-15(17)12-5-7-16-13(9-12)11-20(2,3)18(16)28-19(25)26/h5-10,18H,4,11H2,1-3H3,(H2,25,26). The van der Waals surface area contributed by atoms with Crippen molar-refractivity contribution >= 4 is 6.09 Å². The maximum Gasteiger partial charge on any atom is 0.416 e. The van der Waals surface area contributed by atoms with E-state index in [-0.39, 0.29) is 17.8 Å². The van der Waals surface area contributed by atoms with Gasteiger partial charge >= 0.3 is 12.3 Å². The third kappa shape index (κ3) is 3.79. The normalized spacial score (nSPS) is 17.9. The van der Waals surface area contributed by atoms with Crippen molar-refractivity contribution < 1.29 is 27.4 Å². The van der Waals surface area contributed by atoms with Crippen molar-refractivity contribution in [2.75, 3.05) is 6.61 Å². The highest BCUT2D eigenvalue weighted by molar-refractivity contribution is 5.73. The van der Waals surface area contributed by atoms with Crippen LogP contribution in [0.3, 0.4) is 0 Å². The van der Waals surface area contributed by atoms with Crippen molar-refractivity contribution in [2.45, 2.75) is 39.5 Å². The Morgan fingerprint density at radius 1 is 1.21 bits per heavy atom. The van der Waals surface area contributed by atoms with E-state index in [0.29, 0.717) is 12.0 Å². The molecule has 0 aliphatic heterocycles. The molecule has 0 saturated carbocycles. The van der Waals surface area contributed by atoms with Gasteiger partial charge in [0.1, 0.15) is 11.9 Å². The van der Waals surface area contributed by atoms with Crippen molar-refractivity contribution in [1.82, 2.24) is 0 Å². The Balaban J connectivity index is 2.04. The number of nitrogens with two attached hydrogens (primary N) is 1. The number of alkyl halides is 3. The third-order valence-electron chi connectivity index (χ3n) is 4.94. The molecular weight excluding hydrogens is 371 g/mol. The lowest BCUT2D eigenvalue weighted by molar-refractivity contribution is -0.137. The van der Waals surface area contributed by atoms with Crippen LogP contribution >= 0.6 is 0 Å². The number of halogens is 3. The number of amides is 1. The van der Waals surface area contributed by atoms with Gasteiger partial charge < -0.3 is 15.2 Å². The molecule has 1 atom stereocenters. The molecule has 0 bridgehead atoms. The second-order valence-corrected chi connectivity index (χ2v) is 7.54. The van der Waals surface area contributed by atoms with Crippen LogP contribution in [0.15, 0.2) is 36.4 Å². The highest BCUT2D eigenvalue weighted by Gasteiger charge is 2.41. The second kappa shape index (κ2) is 7.04. The topological polar surface area (TPSA) is 61.6 Å². The summed E-state index contributed by atoms with van der Waals surface area (Å²) in [6, 6.07) is 9.03. The van der Waals surface area contributed by atoms with Crippen LogP contribution in [0.4, 0.5) is 18.0 Å². The molecule has 2 aromatic rings. The zero-order chi connectivity index (χ0) is 20.7. The number of hydrogen-bond acceptors (Lipinski definition) is 3. The minimum atomic E-state index is -4.44. The fourth-order valence-corrected chi connectivity index (χ4v) is 3.74. The molecule has 0 fully saturated rings. The van der Waals surface area contributed by atoms with Gasteiger partial charge in [0.15, 0.2) is 0 Å². The minimum Gasteiger partial charge on any atom is -0.493 e. The summed E-state index contributed by atoms with van der Waals surface area (Å²) < 4.78 is 49.9. The van der Waals surface area contributed by atoms with Crippen LogP contribution in [0.5, 0.6) is 5.75 Å². The summed E-state index contributed by atoms with van der Waals surface area (Å²) in [4.78, 5) is 11.3. The second-order valence-electron chi connectivity index (χ2n) is 7.54. The summed E-state index contributed by atoms with van der Waals surface area (Å²) >= 11 is 0. The highest BCUT2D eigenvalue weighted by Crippen LogP contribution is 2.49. The van der Waals surface area contributed by atoms with Gasteiger partial charge in [-0.1, -0.05) is 38.1 Å². The molecule has 4 nitrogen and oxygen atoms in total. The lowest BCUT2D eigenvalue weighted by atomic mass is 9.87. The average Bonchev–Trinajstić information content (AvgIpc) is 2.83. The Morgan fingerprint density at radius 2 is 1.93 bits per heavy atom. The number of ether oxygens (including phenoxy) is 2. The summed E-state index contributed by atoms with van der Waals surface area (Å²) in [5.74, 6) is 0.180. The first-order valence-electron chi connectivity index (χ1n) is 8.96. The minimum absolute atomic E-state index is 0.180. The monoisotopic (exact) mass is 393 g/mol. The smallest absolute Gasteiger partial charge is 0.416 e. The van der Waals surface area contributed by atoms with Gasteiger partial charge in [0.25, 0.3) is 0 Å². The van der Waals surface area contributed by atoms with Crippen LogP contribution in [0.25, 0.3) is 11.1 Å². The Kier molecular flexibility index (Phi) is 5.04. The number of rotatable bonds is 4. The predicted molar refractivity (Wildman–Crippen MR) is 98.9 cm³/mol. The lowest BCUT2D eigenvalue weighted by Gasteiger charge is -2.26. The van der Waals surface area contributed by atoms with Gasteiger partial charge in [0.05, 0.1) is 12.2 Å². The highest BCUT2D eigenvalue weighted by atomic mass is 19.4. The van der Waals surface area contributed by atoms with Crippen LogP contribution in [0.2, 0.25) is 0 Å². The molecule has 0 saturated heterocycles. The van der Waals surface area contributed by atoms with Gasteiger partial charge in [0.2, 0.25) is 0 Å². The number of fused-ring (bicyclic) bond motifs is 1. The maximum atomic E-state index is 13.0. The van der Waals surface area contributed by atoms with Gasteiger partial charge in [-0.3, -0.25) is 0 Å². The van der Waals surface area contributed by atoms with Crippen LogP contribution in [0.1, 0.15) is 43.6 Å². The fourth-order valence-electron chi connectivity index (χ4n) is 3.74. The molecule has 7 heteroatoms. The maximum absolute atomic E-state index is 13.0. The molecule has 3 rings (SSSR count). The molecule has 1 amide bonds. The van der Waals surface area contributed by atoms with Crippen molar-refractivity contribution in [3.05, 3.63) is 53.1 Å². The number of primary amides is 1. The summed E-state index contributed by atoms with van der Waals surface area (Å²) in [6.45, 7) is 5.93. The predicted octanol–water partition coefficient (Wildman–Crippen LogP) is 5.49. The SMILES string of the molecule is CCOc1cc(C(F)(F)F)ccc1-c1ccc2c(c1)CC(C)(C)C2OC(N)=O. The fraction of sp³-hybridized carbons (Fsp3) is 0.381. The van der Waals surface area contributed by atoms with E-state index in [1.165, 1.54) is 6.07 Å². The number of carbonyl (C=O) groups is 1. The first kappa shape index (κ1) is 20.0. The first-order valence-corrected chi connectivity index (χ1v) is 8.96. The number of carbonyl (C=O) groups excluding carboxylic acids is 1. The molecular formula is C21H22F3NO3. The van der Waals surface area contributed by atoms with E-state index in [2.05, 4.69) is 0 Å². The third-order valence-corrected chi connectivity index (χ3v) is 4.94. The Hall–Kier alpha value is -2.70. The molecule has 2 aromatic carbocycles. The van der Waals surface area contributed by atoms with Crippen molar-refractivity contribution in [3.63, 3.8) is 0 Å². The van der Waals surface area contributed by atoms with E-state index in [1.54, 1.807) is 13.0 Å². The summed E-state index contributed by atoms with van der Waals surface area (Å²) in [5, 5.41) is 0. The first-order chi connectivity index (χ1) is 13.0. The Morgan fingerprint density at radius 3 is 2.54 bits per heavy atom. The quantitative estimate of drug-likeness (QED) is 0.747. The lowest BCUT2D eigenvalue weighted by Crippen LogP contribution is -2.25. The van der Waals surface area contributed by atoms with Crippen LogP contribution in [0, 0.1) is 5.41 Å². The van der Waals surface area contributed by atoms with Crippen LogP contribution in [-0.2, 0) is 17.3 Å². The van der Waals surface area contributed by atoms with Gasteiger partial charge in [-0.25, -0.2) is 4.79 Å². The van der Waals surface area contributed by atoms with Crippen molar-refractivity contribution in [2.24, 2.45) is 11.1 Å². The zero-order valence-corrected chi connectivity index (χ0v) is 15.9. The van der Waals surface area contributed by atoms with E-state index >= 15 is 0 Å². The number of benzene rings is 2. The van der Waals surface area contributed by atoms with Gasteiger partial charge in [0, 0.05) is 11.0 Å². The molecule has 150 valence electrons. The van der Waals surface area contributed by atoms with E-state index in [1.807, 2.05) is 26.0 Å². The molecule has 1 aliphatic carbocycles. The van der Waals surface area contributed by atoms with E-state index in [9.17, 15) is 18.0 Å². The summed E-state index contributed by atoms with van der Waals surface area (Å²) in [6.07, 6.45) is -5.09. The zero-order valence-electron chi connectivity index (χ0n) is 15.9. The van der Waals surface area contributed by atoms with Crippen LogP contribution < -0.4 is 10.5 Å². The molecule has 1 unspecified atom stereocenters. The Bertz CT molecular complexity index is 906. The molecule has 2 N–H and O–H groups in total. The van der Waals surface area contributed by atoms with E-state index in [0.717, 1.165) is 28.8 Å². The molecule has 0 radical (unpaired) electrons. The van der Waals surface area contributed by atoms with E-state index in [4.69, 9.17) is 15.2 Å². The van der Waals surface area contributed by atoms with Gasteiger partial charge in [-0.2, -0.15) is 13.2 Å². The Labute approximate surface area is 161 Å². The summed E-state index contributed by atoms with van der Waals surface area (Å²) in [5.41, 5.74) is 7.26. The van der Waals surface area contributed by atoms with Crippen molar-refractivity contribution in [1.29, 1.82) is 0 Å². The molecule has 1 aliphatic rings. The average molecular weight is 393 g/mol. The summed E-state index contributed by atoms with van der Waals surface area (Å²) in [7, 11) is 0. The largest absolute Gasteiger partial charge is 0.493 e. The van der Waals surface area contributed by atoms with E-state index < -0.39 is 23.9 Å². The van der Waals surface area contributed by atoms with Gasteiger partial charge in [-0.05, 0) is 42.2 Å². The van der Waals surface area contributed by atoms with Crippen molar-refractivity contribution in [3.8, 4) is 16.9 Å². The van der Waals surface area contributed by atoms with Crippen LogP contribution in [-0.4, -0.2) is 12.7 Å².